The van der Waals surface area contributed by atoms with Gasteiger partial charge in [-0.05, 0) is 32.1 Å². The molecule has 0 aromatic carbocycles. The van der Waals surface area contributed by atoms with Crippen LogP contribution in [0.1, 0.15) is 38.5 Å². The van der Waals surface area contributed by atoms with E-state index in [4.69, 9.17) is 0 Å². The average molecular weight is 157 g/mol. The maximum atomic E-state index is 12.2. The summed E-state index contributed by atoms with van der Waals surface area (Å²) >= 11 is 0. The maximum Gasteiger partial charge on any atom is 0.0912 e. The highest BCUT2D eigenvalue weighted by molar-refractivity contribution is 5.00. The summed E-state index contributed by atoms with van der Waals surface area (Å²) in [7, 11) is 0. The van der Waals surface area contributed by atoms with E-state index in [0.717, 1.165) is 12.5 Å². The fourth-order valence-electron chi connectivity index (χ4n) is 2.63. The highest BCUT2D eigenvalue weighted by Gasteiger charge is 2.40. The van der Waals surface area contributed by atoms with E-state index >= 15 is 0 Å². The van der Waals surface area contributed by atoms with Crippen LogP contribution in [0.25, 0.3) is 0 Å². The van der Waals surface area contributed by atoms with Gasteiger partial charge in [-0.1, -0.05) is 6.42 Å². The van der Waals surface area contributed by atoms with Crippen LogP contribution in [0.3, 0.4) is 0 Å². The Morgan fingerprint density at radius 1 is 1.36 bits per heavy atom. The van der Waals surface area contributed by atoms with Gasteiger partial charge in [-0.2, -0.15) is 0 Å². The number of fused-ring (bicyclic) bond motifs is 2. The summed E-state index contributed by atoms with van der Waals surface area (Å²) in [6, 6.07) is 0.718. The van der Waals surface area contributed by atoms with Crippen LogP contribution in [0.2, 0.25) is 0 Å². The van der Waals surface area contributed by atoms with Crippen molar-refractivity contribution in [2.24, 2.45) is 0 Å². The molecule has 2 rings (SSSR count). The van der Waals surface area contributed by atoms with E-state index in [9.17, 15) is 4.39 Å². The number of nitrogens with one attached hydrogen (secondary N) is 1. The van der Waals surface area contributed by atoms with Gasteiger partial charge in [-0.25, -0.2) is 0 Å². The second kappa shape index (κ2) is 2.74. The first kappa shape index (κ1) is 7.53. The zero-order valence-electron chi connectivity index (χ0n) is 6.91. The second-order valence-electron chi connectivity index (χ2n) is 3.99. The van der Waals surface area contributed by atoms with E-state index in [1.54, 1.807) is 0 Å². The molecule has 64 valence electrons. The van der Waals surface area contributed by atoms with E-state index in [1.165, 1.54) is 32.1 Å². The third-order valence-corrected chi connectivity index (χ3v) is 3.26. The van der Waals surface area contributed by atoms with Gasteiger partial charge >= 0.3 is 0 Å². The number of rotatable bonds is 2. The number of alkyl halides is 1. The fourth-order valence-corrected chi connectivity index (χ4v) is 2.63. The average Bonchev–Trinajstić information content (AvgIpc) is 2.28. The lowest BCUT2D eigenvalue weighted by molar-refractivity contribution is 0.236. The zero-order chi connectivity index (χ0) is 7.73. The van der Waals surface area contributed by atoms with Crippen molar-refractivity contribution in [3.63, 3.8) is 0 Å². The van der Waals surface area contributed by atoms with Crippen LogP contribution in [-0.2, 0) is 0 Å². The monoisotopic (exact) mass is 157 g/mol. The van der Waals surface area contributed by atoms with Crippen molar-refractivity contribution in [1.29, 1.82) is 0 Å². The molecule has 2 fully saturated rings. The van der Waals surface area contributed by atoms with E-state index in [2.05, 4.69) is 5.32 Å². The van der Waals surface area contributed by atoms with Crippen molar-refractivity contribution in [3.8, 4) is 0 Å². The zero-order valence-corrected chi connectivity index (χ0v) is 6.91. The molecule has 0 radical (unpaired) electrons. The minimum Gasteiger partial charge on any atom is -0.308 e. The Morgan fingerprint density at radius 3 is 3.09 bits per heavy atom. The summed E-state index contributed by atoms with van der Waals surface area (Å²) in [5.41, 5.74) is 0.220. The van der Waals surface area contributed by atoms with E-state index < -0.39 is 0 Å². The standard InChI is InChI=1S/C9H16FN/c10-7-6-9-4-1-2-8(11-9)3-5-9/h8,11H,1-7H2. The first-order chi connectivity index (χ1) is 5.35. The van der Waals surface area contributed by atoms with Crippen molar-refractivity contribution >= 4 is 0 Å². The van der Waals surface area contributed by atoms with Crippen LogP contribution in [0.4, 0.5) is 4.39 Å². The van der Waals surface area contributed by atoms with Gasteiger partial charge < -0.3 is 5.32 Å². The Balaban J connectivity index is 2.01. The Hall–Kier alpha value is -0.110. The molecule has 2 aliphatic rings. The molecule has 2 heterocycles. The predicted octanol–water partition coefficient (Wildman–Crippen LogP) is 2.02. The molecule has 0 aromatic heterocycles. The molecule has 2 aliphatic heterocycles. The Labute approximate surface area is 67.4 Å². The van der Waals surface area contributed by atoms with Crippen LogP contribution in [-0.4, -0.2) is 18.3 Å². The molecule has 0 amide bonds. The van der Waals surface area contributed by atoms with Crippen LogP contribution >= 0.6 is 0 Å². The van der Waals surface area contributed by atoms with Gasteiger partial charge in [0.25, 0.3) is 0 Å². The van der Waals surface area contributed by atoms with Gasteiger partial charge in [0.1, 0.15) is 0 Å². The Bertz CT molecular complexity index is 139. The molecule has 2 unspecified atom stereocenters. The molecule has 0 saturated carbocycles. The highest BCUT2D eigenvalue weighted by Crippen LogP contribution is 2.37. The third-order valence-electron chi connectivity index (χ3n) is 3.26. The lowest BCUT2D eigenvalue weighted by Crippen LogP contribution is -2.46. The molecule has 2 heteroatoms. The topological polar surface area (TPSA) is 12.0 Å². The van der Waals surface area contributed by atoms with Crippen molar-refractivity contribution in [3.05, 3.63) is 0 Å². The molecule has 2 bridgehead atoms. The first-order valence-electron chi connectivity index (χ1n) is 4.68. The lowest BCUT2D eigenvalue weighted by atomic mass is 9.88. The van der Waals surface area contributed by atoms with Crippen molar-refractivity contribution in [2.75, 3.05) is 6.67 Å². The van der Waals surface area contributed by atoms with Gasteiger partial charge in [-0.3, -0.25) is 4.39 Å². The van der Waals surface area contributed by atoms with E-state index in [1.807, 2.05) is 0 Å². The molecule has 1 nitrogen and oxygen atoms in total. The number of hydrogen-bond acceptors (Lipinski definition) is 1. The van der Waals surface area contributed by atoms with Crippen molar-refractivity contribution in [2.45, 2.75) is 50.1 Å². The minimum atomic E-state index is -0.153. The second-order valence-corrected chi connectivity index (χ2v) is 3.99. The molecule has 2 saturated heterocycles. The van der Waals surface area contributed by atoms with Crippen LogP contribution in [0.15, 0.2) is 0 Å². The summed E-state index contributed by atoms with van der Waals surface area (Å²) in [6.07, 6.45) is 7.05. The predicted molar refractivity (Wildman–Crippen MR) is 43.3 cm³/mol. The molecule has 1 N–H and O–H groups in total. The first-order valence-corrected chi connectivity index (χ1v) is 4.68. The van der Waals surface area contributed by atoms with Gasteiger partial charge in [0.05, 0.1) is 6.67 Å². The summed E-state index contributed by atoms with van der Waals surface area (Å²) in [4.78, 5) is 0. The van der Waals surface area contributed by atoms with Crippen LogP contribution < -0.4 is 5.32 Å². The third kappa shape index (κ3) is 1.28. The fraction of sp³-hybridized carbons (Fsp3) is 1.00. The summed E-state index contributed by atoms with van der Waals surface area (Å²) < 4.78 is 12.2. The molecule has 0 aliphatic carbocycles. The number of halogens is 1. The molecule has 11 heavy (non-hydrogen) atoms. The van der Waals surface area contributed by atoms with Crippen molar-refractivity contribution in [1.82, 2.24) is 5.32 Å². The number of piperidine rings is 1. The normalized spacial score (nSPS) is 42.8. The summed E-state index contributed by atoms with van der Waals surface area (Å²) in [6.45, 7) is -0.153. The quantitative estimate of drug-likeness (QED) is 0.646. The molecule has 0 aromatic rings. The molecule has 2 atom stereocenters. The minimum absolute atomic E-state index is 0.153. The van der Waals surface area contributed by atoms with E-state index in [0.29, 0.717) is 0 Å². The van der Waals surface area contributed by atoms with Crippen LogP contribution in [0, 0.1) is 0 Å². The molecule has 0 spiro atoms. The number of hydrogen-bond donors (Lipinski definition) is 1. The van der Waals surface area contributed by atoms with Gasteiger partial charge in [-0.15, -0.1) is 0 Å². The van der Waals surface area contributed by atoms with Crippen LogP contribution in [0.5, 0.6) is 0 Å². The summed E-state index contributed by atoms with van der Waals surface area (Å²) in [5, 5.41) is 3.56. The van der Waals surface area contributed by atoms with Gasteiger partial charge in [0.2, 0.25) is 0 Å². The van der Waals surface area contributed by atoms with Crippen molar-refractivity contribution < 1.29 is 4.39 Å². The maximum absolute atomic E-state index is 12.2. The van der Waals surface area contributed by atoms with Gasteiger partial charge in [0, 0.05) is 11.6 Å². The van der Waals surface area contributed by atoms with E-state index in [-0.39, 0.29) is 12.2 Å². The highest BCUT2D eigenvalue weighted by atomic mass is 19.1. The summed E-state index contributed by atoms with van der Waals surface area (Å²) in [5.74, 6) is 0. The Kier molecular flexibility index (Phi) is 1.88. The Morgan fingerprint density at radius 2 is 2.27 bits per heavy atom. The van der Waals surface area contributed by atoms with Gasteiger partial charge in [0.15, 0.2) is 0 Å². The largest absolute Gasteiger partial charge is 0.308 e. The SMILES string of the molecule is FCCC12CCCC(CC1)N2. The molecular formula is C9H16FN. The smallest absolute Gasteiger partial charge is 0.0912 e. The molecular weight excluding hydrogens is 141 g/mol. The lowest BCUT2D eigenvalue weighted by Gasteiger charge is -2.33.